The molecular formula is C64H104NO8+. The lowest BCUT2D eigenvalue weighted by atomic mass is 10.1. The number of unbranched alkanes of at least 4 members (excludes halogenated alkanes) is 13. The summed E-state index contributed by atoms with van der Waals surface area (Å²) in [5, 5.41) is 9.69. The van der Waals surface area contributed by atoms with Gasteiger partial charge < -0.3 is 28.5 Å². The highest BCUT2D eigenvalue weighted by molar-refractivity contribution is 5.71. The number of nitrogens with zero attached hydrogens (tertiary/aromatic N) is 1. The Morgan fingerprint density at radius 2 is 0.781 bits per heavy atom. The predicted molar refractivity (Wildman–Crippen MR) is 308 cm³/mol. The minimum absolute atomic E-state index is 0.172. The van der Waals surface area contributed by atoms with E-state index in [1.54, 1.807) is 0 Å². The van der Waals surface area contributed by atoms with Gasteiger partial charge in [0.15, 0.2) is 6.10 Å². The van der Waals surface area contributed by atoms with E-state index >= 15 is 0 Å². The first-order chi connectivity index (χ1) is 35.6. The third kappa shape index (κ3) is 55.0. The monoisotopic (exact) mass is 1010 g/mol. The second-order valence-electron chi connectivity index (χ2n) is 19.5. The van der Waals surface area contributed by atoms with Gasteiger partial charge in [-0.05, 0) is 116 Å². The van der Waals surface area contributed by atoms with E-state index in [1.165, 1.54) is 44.9 Å². The molecule has 0 rings (SSSR count). The number of allylic oxidation sites excluding steroid dienone is 22. The van der Waals surface area contributed by atoms with Gasteiger partial charge in [0.25, 0.3) is 6.29 Å². The fourth-order valence-corrected chi connectivity index (χ4v) is 7.03. The molecule has 0 aliphatic heterocycles. The van der Waals surface area contributed by atoms with Crippen LogP contribution in [-0.2, 0) is 33.3 Å². The fourth-order valence-electron chi connectivity index (χ4n) is 7.03. The summed E-state index contributed by atoms with van der Waals surface area (Å²) < 4.78 is 22.8. The van der Waals surface area contributed by atoms with E-state index in [1.807, 2.05) is 21.1 Å². The Balaban J connectivity index is 4.39. The number of ether oxygens (including phenoxy) is 4. The number of rotatable bonds is 50. The van der Waals surface area contributed by atoms with Crippen LogP contribution in [0.5, 0.6) is 0 Å². The van der Waals surface area contributed by atoms with Crippen molar-refractivity contribution >= 4 is 17.9 Å². The molecule has 0 saturated heterocycles. The maximum Gasteiger partial charge on any atom is 0.361 e. The maximum atomic E-state index is 12.9. The van der Waals surface area contributed by atoms with E-state index in [4.69, 9.17) is 18.9 Å². The molecule has 0 aromatic rings. The number of carbonyl (C=O) groups excluding carboxylic acids is 2. The van der Waals surface area contributed by atoms with Crippen molar-refractivity contribution in [3.63, 3.8) is 0 Å². The Morgan fingerprint density at radius 1 is 0.425 bits per heavy atom. The van der Waals surface area contributed by atoms with Crippen LogP contribution in [0.2, 0.25) is 0 Å². The molecule has 0 fully saturated rings. The zero-order valence-electron chi connectivity index (χ0n) is 46.7. The third-order valence-electron chi connectivity index (χ3n) is 11.4. The zero-order valence-corrected chi connectivity index (χ0v) is 46.7. The van der Waals surface area contributed by atoms with Gasteiger partial charge in [0.05, 0.1) is 34.4 Å². The Bertz CT molecular complexity index is 1650. The number of esters is 2. The van der Waals surface area contributed by atoms with Crippen LogP contribution in [0, 0.1) is 0 Å². The first-order valence-corrected chi connectivity index (χ1v) is 28.3. The van der Waals surface area contributed by atoms with E-state index in [0.717, 1.165) is 116 Å². The molecule has 0 aliphatic rings. The number of hydrogen-bond acceptors (Lipinski definition) is 7. The normalized spacial score (nSPS) is 13.8. The van der Waals surface area contributed by atoms with Crippen molar-refractivity contribution in [1.29, 1.82) is 0 Å². The standard InChI is InChI=1S/C64H103NO8/c1-6-8-10-12-14-16-18-20-22-24-25-26-27-28-29-30-31-32-33-34-35-36-37-39-41-43-45-47-49-51-53-55-62(67)73-60(59-72-64(63(68)69)70-57-56-65(3,4)5)58-71-61(66)54-52-50-48-46-44-42-40-38-23-21-19-17-15-13-11-9-7-2/h8,10,14-17,20-23,25-26,28-29,31-32,34-35,37,39,43,45,60,64H,6-7,9,11-13,18-19,24,27,30,33,36,38,40-42,44,46-59H2,1-5H3/p+1/b10-8-,16-14-,17-15-,22-20-,23-21-,26-25-,29-28-,32-31-,35-34-,39-37-,45-43-. The number of carboxylic acids is 1. The highest BCUT2D eigenvalue weighted by Crippen LogP contribution is 2.13. The molecule has 0 aromatic carbocycles. The molecule has 9 heteroatoms. The summed E-state index contributed by atoms with van der Waals surface area (Å²) in [5.41, 5.74) is 0. The summed E-state index contributed by atoms with van der Waals surface area (Å²) in [6.45, 7) is 4.66. The van der Waals surface area contributed by atoms with Gasteiger partial charge in [-0.15, -0.1) is 0 Å². The lowest BCUT2D eigenvalue weighted by molar-refractivity contribution is -0.870. The second kappa shape index (κ2) is 53.7. The van der Waals surface area contributed by atoms with Gasteiger partial charge in [0.1, 0.15) is 13.2 Å². The Morgan fingerprint density at radius 3 is 1.18 bits per heavy atom. The third-order valence-corrected chi connectivity index (χ3v) is 11.4. The molecule has 0 aliphatic carbocycles. The molecule has 0 amide bonds. The van der Waals surface area contributed by atoms with E-state index in [-0.39, 0.29) is 38.6 Å². The SMILES string of the molecule is CC/C=C\C/C=C\C/C=C\C/C=C\C/C=C\C/C=C\C/C=C\C/C=C\C/C=C\CCCCCC(=O)OC(COC(=O)CCCCCCCCC/C=C\C/C=C\CCCCC)COC(OCC[N+](C)(C)C)C(=O)O. The summed E-state index contributed by atoms with van der Waals surface area (Å²) in [5.74, 6) is -2.08. The molecule has 0 spiro atoms. The summed E-state index contributed by atoms with van der Waals surface area (Å²) in [4.78, 5) is 37.4. The number of likely N-dealkylation sites (N-methyl/N-ethyl adjacent to an activating group) is 1. The Hall–Kier alpha value is -4.57. The van der Waals surface area contributed by atoms with Crippen molar-refractivity contribution in [1.82, 2.24) is 0 Å². The van der Waals surface area contributed by atoms with Crippen LogP contribution in [0.25, 0.3) is 0 Å². The molecule has 1 N–H and O–H groups in total. The lowest BCUT2D eigenvalue weighted by Gasteiger charge is -2.25. The highest BCUT2D eigenvalue weighted by atomic mass is 16.7. The highest BCUT2D eigenvalue weighted by Gasteiger charge is 2.25. The van der Waals surface area contributed by atoms with E-state index < -0.39 is 24.3 Å². The minimum Gasteiger partial charge on any atom is -0.477 e. The van der Waals surface area contributed by atoms with Gasteiger partial charge in [-0.3, -0.25) is 9.59 Å². The van der Waals surface area contributed by atoms with Gasteiger partial charge >= 0.3 is 17.9 Å². The van der Waals surface area contributed by atoms with Gasteiger partial charge in [-0.1, -0.05) is 199 Å². The minimum atomic E-state index is -1.53. The van der Waals surface area contributed by atoms with Crippen LogP contribution in [0.3, 0.4) is 0 Å². The zero-order chi connectivity index (χ0) is 53.4. The molecule has 0 radical (unpaired) electrons. The van der Waals surface area contributed by atoms with E-state index in [0.29, 0.717) is 17.4 Å². The van der Waals surface area contributed by atoms with Crippen molar-refractivity contribution in [3.05, 3.63) is 134 Å². The van der Waals surface area contributed by atoms with Crippen molar-refractivity contribution in [2.75, 3.05) is 47.5 Å². The Kier molecular flexibility index (Phi) is 50.4. The number of carbonyl (C=O) groups is 3. The first kappa shape index (κ1) is 68.4. The van der Waals surface area contributed by atoms with Crippen LogP contribution in [0.4, 0.5) is 0 Å². The maximum absolute atomic E-state index is 12.9. The summed E-state index contributed by atoms with van der Waals surface area (Å²) in [6.07, 6.45) is 73.8. The molecule has 412 valence electrons. The largest absolute Gasteiger partial charge is 0.477 e. The van der Waals surface area contributed by atoms with E-state index in [9.17, 15) is 19.5 Å². The topological polar surface area (TPSA) is 108 Å². The van der Waals surface area contributed by atoms with Crippen molar-refractivity contribution in [2.45, 2.75) is 206 Å². The predicted octanol–water partition coefficient (Wildman–Crippen LogP) is 16.7. The Labute approximate surface area is 446 Å². The molecule has 9 nitrogen and oxygen atoms in total. The molecular weight excluding hydrogens is 911 g/mol. The van der Waals surface area contributed by atoms with Crippen LogP contribution in [0.1, 0.15) is 194 Å². The van der Waals surface area contributed by atoms with Crippen LogP contribution < -0.4 is 0 Å². The lowest BCUT2D eigenvalue weighted by Crippen LogP contribution is -2.40. The molecule has 0 bridgehead atoms. The van der Waals surface area contributed by atoms with Gasteiger partial charge in [-0.2, -0.15) is 0 Å². The number of carboxylic acid groups (broad SMARTS) is 1. The average molecular weight is 1020 g/mol. The van der Waals surface area contributed by atoms with Crippen molar-refractivity contribution < 1.29 is 42.9 Å². The van der Waals surface area contributed by atoms with Gasteiger partial charge in [-0.25, -0.2) is 4.79 Å². The number of hydrogen-bond donors (Lipinski definition) is 1. The average Bonchev–Trinajstić information content (AvgIpc) is 3.36. The van der Waals surface area contributed by atoms with Crippen LogP contribution >= 0.6 is 0 Å². The van der Waals surface area contributed by atoms with Crippen molar-refractivity contribution in [3.8, 4) is 0 Å². The second-order valence-corrected chi connectivity index (χ2v) is 19.5. The van der Waals surface area contributed by atoms with Crippen LogP contribution in [0.15, 0.2) is 134 Å². The number of quaternary nitrogens is 1. The van der Waals surface area contributed by atoms with Crippen LogP contribution in [-0.4, -0.2) is 87.4 Å². The van der Waals surface area contributed by atoms with Crippen molar-refractivity contribution in [2.24, 2.45) is 0 Å². The molecule has 2 atom stereocenters. The smallest absolute Gasteiger partial charge is 0.361 e. The van der Waals surface area contributed by atoms with Gasteiger partial charge in [0.2, 0.25) is 0 Å². The summed E-state index contributed by atoms with van der Waals surface area (Å²) >= 11 is 0. The van der Waals surface area contributed by atoms with Gasteiger partial charge in [0, 0.05) is 12.8 Å². The first-order valence-electron chi connectivity index (χ1n) is 28.3. The molecule has 73 heavy (non-hydrogen) atoms. The molecule has 2 unspecified atom stereocenters. The summed E-state index contributed by atoms with van der Waals surface area (Å²) in [7, 11) is 5.94. The van der Waals surface area contributed by atoms with E-state index in [2.05, 4.69) is 148 Å². The number of aliphatic carboxylic acids is 1. The fraction of sp³-hybridized carbons (Fsp3) is 0.609. The molecule has 0 heterocycles. The quantitative estimate of drug-likeness (QED) is 0.0211. The molecule has 0 aromatic heterocycles. The molecule has 0 saturated carbocycles. The summed E-state index contributed by atoms with van der Waals surface area (Å²) in [6, 6.07) is 0.